The maximum absolute atomic E-state index is 13.3. The third-order valence-corrected chi connectivity index (χ3v) is 6.11. The summed E-state index contributed by atoms with van der Waals surface area (Å²) >= 11 is 1.57. The minimum Gasteiger partial charge on any atom is -0.419 e. The minimum atomic E-state index is 0.121. The summed E-state index contributed by atoms with van der Waals surface area (Å²) in [5.74, 6) is 1.20. The average Bonchev–Trinajstić information content (AvgIpc) is 3.39. The number of thiophene rings is 1. The average molecular weight is 411 g/mol. The first-order chi connectivity index (χ1) is 14.2. The standard InChI is InChI=1S/C22H26N4O2S/c1-3-12-25(14-20-23-24-22(28-20)19-9-6-13-29-19)15-21(27)26-16(2)10-11-17-7-4-5-8-18(17)26/h4-9,13,16H,3,10-12,14-15H2,1-2H3. The molecule has 3 aromatic rings. The van der Waals surface area contributed by atoms with Gasteiger partial charge < -0.3 is 9.32 Å². The van der Waals surface area contributed by atoms with Gasteiger partial charge in [-0.05, 0) is 55.8 Å². The first-order valence-corrected chi connectivity index (χ1v) is 11.0. The van der Waals surface area contributed by atoms with Crippen LogP contribution in [0.1, 0.15) is 38.1 Å². The Bertz CT molecular complexity index is 953. The van der Waals surface area contributed by atoms with Crippen molar-refractivity contribution in [2.24, 2.45) is 0 Å². The molecule has 0 saturated heterocycles. The fraction of sp³-hybridized carbons (Fsp3) is 0.409. The Hall–Kier alpha value is -2.51. The first kappa shape index (κ1) is 19.8. The van der Waals surface area contributed by atoms with E-state index < -0.39 is 0 Å². The van der Waals surface area contributed by atoms with Crippen LogP contribution in [0.2, 0.25) is 0 Å². The maximum atomic E-state index is 13.3. The second-order valence-corrected chi connectivity index (χ2v) is 8.42. The highest BCUT2D eigenvalue weighted by atomic mass is 32.1. The molecule has 1 aromatic carbocycles. The molecule has 0 N–H and O–H groups in total. The Morgan fingerprint density at radius 3 is 2.93 bits per heavy atom. The molecule has 1 atom stereocenters. The van der Waals surface area contributed by atoms with E-state index in [1.165, 1.54) is 5.56 Å². The zero-order valence-electron chi connectivity index (χ0n) is 16.9. The van der Waals surface area contributed by atoms with Crippen LogP contribution in [-0.4, -0.2) is 40.1 Å². The number of hydrogen-bond donors (Lipinski definition) is 0. The van der Waals surface area contributed by atoms with Crippen molar-refractivity contribution in [1.82, 2.24) is 15.1 Å². The van der Waals surface area contributed by atoms with Crippen molar-refractivity contribution in [2.45, 2.75) is 45.7 Å². The van der Waals surface area contributed by atoms with E-state index in [0.717, 1.165) is 36.4 Å². The summed E-state index contributed by atoms with van der Waals surface area (Å²) in [4.78, 5) is 18.3. The van der Waals surface area contributed by atoms with Crippen LogP contribution in [0.3, 0.4) is 0 Å². The number of carbonyl (C=O) groups is 1. The third-order valence-electron chi connectivity index (χ3n) is 5.25. The molecule has 0 fully saturated rings. The number of anilines is 1. The van der Waals surface area contributed by atoms with Gasteiger partial charge in [-0.1, -0.05) is 31.2 Å². The third kappa shape index (κ3) is 4.41. The van der Waals surface area contributed by atoms with Crippen LogP contribution < -0.4 is 4.90 Å². The van der Waals surface area contributed by atoms with Crippen LogP contribution in [0.15, 0.2) is 46.2 Å². The fourth-order valence-corrected chi connectivity index (χ4v) is 4.52. The number of fused-ring (bicyclic) bond motifs is 1. The Labute approximate surface area is 175 Å². The van der Waals surface area contributed by atoms with Gasteiger partial charge in [-0.3, -0.25) is 9.69 Å². The molecule has 2 aromatic heterocycles. The summed E-state index contributed by atoms with van der Waals surface area (Å²) in [6.07, 6.45) is 2.96. The number of amides is 1. The lowest BCUT2D eigenvalue weighted by Gasteiger charge is -2.36. The van der Waals surface area contributed by atoms with E-state index >= 15 is 0 Å². The summed E-state index contributed by atoms with van der Waals surface area (Å²) in [7, 11) is 0. The van der Waals surface area contributed by atoms with Gasteiger partial charge in [0.05, 0.1) is 18.0 Å². The summed E-state index contributed by atoms with van der Waals surface area (Å²) in [5, 5.41) is 10.3. The lowest BCUT2D eigenvalue weighted by atomic mass is 9.96. The molecule has 4 rings (SSSR count). The normalized spacial score (nSPS) is 16.2. The van der Waals surface area contributed by atoms with Gasteiger partial charge in [-0.15, -0.1) is 21.5 Å². The number of benzene rings is 1. The molecule has 1 aliphatic heterocycles. The van der Waals surface area contributed by atoms with E-state index in [1.807, 2.05) is 34.5 Å². The summed E-state index contributed by atoms with van der Waals surface area (Å²) in [6.45, 7) is 5.85. The molecule has 1 aliphatic rings. The zero-order valence-corrected chi connectivity index (χ0v) is 17.7. The molecular weight excluding hydrogens is 384 g/mol. The SMILES string of the molecule is CCCN(CC(=O)N1c2ccccc2CCC1C)Cc1nnc(-c2cccs2)o1. The number of aromatic nitrogens is 2. The van der Waals surface area contributed by atoms with Crippen molar-refractivity contribution < 1.29 is 9.21 Å². The molecule has 3 heterocycles. The summed E-state index contributed by atoms with van der Waals surface area (Å²) in [6, 6.07) is 12.4. The molecule has 6 nitrogen and oxygen atoms in total. The maximum Gasteiger partial charge on any atom is 0.257 e. The lowest BCUT2D eigenvalue weighted by molar-refractivity contribution is -0.120. The highest BCUT2D eigenvalue weighted by Crippen LogP contribution is 2.30. The van der Waals surface area contributed by atoms with Crippen molar-refractivity contribution in [1.29, 1.82) is 0 Å². The number of nitrogens with zero attached hydrogens (tertiary/aromatic N) is 4. The van der Waals surface area contributed by atoms with E-state index in [2.05, 4.69) is 41.1 Å². The van der Waals surface area contributed by atoms with Gasteiger partial charge in [-0.25, -0.2) is 0 Å². The molecule has 1 amide bonds. The Morgan fingerprint density at radius 1 is 1.28 bits per heavy atom. The number of rotatable bonds is 7. The predicted molar refractivity (Wildman–Crippen MR) is 115 cm³/mol. The van der Waals surface area contributed by atoms with E-state index in [0.29, 0.717) is 24.9 Å². The van der Waals surface area contributed by atoms with Crippen LogP contribution in [0, 0.1) is 0 Å². The monoisotopic (exact) mass is 410 g/mol. The van der Waals surface area contributed by atoms with Crippen LogP contribution in [-0.2, 0) is 17.8 Å². The molecule has 0 aliphatic carbocycles. The van der Waals surface area contributed by atoms with Gasteiger partial charge in [0, 0.05) is 11.7 Å². The van der Waals surface area contributed by atoms with Gasteiger partial charge in [0.25, 0.3) is 5.89 Å². The van der Waals surface area contributed by atoms with E-state index in [4.69, 9.17) is 4.42 Å². The van der Waals surface area contributed by atoms with Crippen LogP contribution >= 0.6 is 11.3 Å². The Morgan fingerprint density at radius 2 is 2.14 bits per heavy atom. The molecule has 152 valence electrons. The quantitative estimate of drug-likeness (QED) is 0.578. The molecule has 7 heteroatoms. The Balaban J connectivity index is 1.48. The predicted octanol–water partition coefficient (Wildman–Crippen LogP) is 4.38. The van der Waals surface area contributed by atoms with Gasteiger partial charge in [-0.2, -0.15) is 0 Å². The Kier molecular flexibility index (Phi) is 6.06. The molecule has 29 heavy (non-hydrogen) atoms. The first-order valence-electron chi connectivity index (χ1n) is 10.1. The fourth-order valence-electron chi connectivity index (χ4n) is 3.87. The van der Waals surface area contributed by atoms with Crippen molar-refractivity contribution in [2.75, 3.05) is 18.0 Å². The molecule has 1 unspecified atom stereocenters. The van der Waals surface area contributed by atoms with Gasteiger partial charge in [0.2, 0.25) is 11.8 Å². The second-order valence-electron chi connectivity index (χ2n) is 7.47. The smallest absolute Gasteiger partial charge is 0.257 e. The topological polar surface area (TPSA) is 62.5 Å². The largest absolute Gasteiger partial charge is 0.419 e. The van der Waals surface area contributed by atoms with Crippen LogP contribution in [0.25, 0.3) is 10.8 Å². The van der Waals surface area contributed by atoms with E-state index in [-0.39, 0.29) is 11.9 Å². The molecule has 0 saturated carbocycles. The van der Waals surface area contributed by atoms with E-state index in [1.54, 1.807) is 11.3 Å². The van der Waals surface area contributed by atoms with Crippen molar-refractivity contribution in [3.63, 3.8) is 0 Å². The van der Waals surface area contributed by atoms with E-state index in [9.17, 15) is 4.79 Å². The van der Waals surface area contributed by atoms with Gasteiger partial charge in [0.15, 0.2) is 0 Å². The highest BCUT2D eigenvalue weighted by molar-refractivity contribution is 7.13. The molecule has 0 spiro atoms. The molecular formula is C22H26N4O2S. The number of carbonyl (C=O) groups excluding carboxylic acids is 1. The molecule has 0 bridgehead atoms. The number of para-hydroxylation sites is 1. The summed E-state index contributed by atoms with van der Waals surface area (Å²) in [5.41, 5.74) is 2.30. The number of hydrogen-bond acceptors (Lipinski definition) is 6. The van der Waals surface area contributed by atoms with Crippen molar-refractivity contribution in [3.05, 3.63) is 53.2 Å². The minimum absolute atomic E-state index is 0.121. The second kappa shape index (κ2) is 8.88. The highest BCUT2D eigenvalue weighted by Gasteiger charge is 2.29. The lowest BCUT2D eigenvalue weighted by Crippen LogP contribution is -2.47. The summed E-state index contributed by atoms with van der Waals surface area (Å²) < 4.78 is 5.83. The molecule has 0 radical (unpaired) electrons. The number of aryl methyl sites for hydroxylation is 1. The van der Waals surface area contributed by atoms with Gasteiger partial charge >= 0.3 is 0 Å². The van der Waals surface area contributed by atoms with Crippen molar-refractivity contribution >= 4 is 22.9 Å². The van der Waals surface area contributed by atoms with Gasteiger partial charge in [0.1, 0.15) is 0 Å². The van der Waals surface area contributed by atoms with Crippen LogP contribution in [0.5, 0.6) is 0 Å². The van der Waals surface area contributed by atoms with Crippen molar-refractivity contribution in [3.8, 4) is 10.8 Å². The zero-order chi connectivity index (χ0) is 20.2. The van der Waals surface area contributed by atoms with Crippen LogP contribution in [0.4, 0.5) is 5.69 Å².